The van der Waals surface area contributed by atoms with Crippen molar-refractivity contribution in [1.29, 1.82) is 0 Å². The number of amides is 1. The molecule has 57 heavy (non-hydrogen) atoms. The summed E-state index contributed by atoms with van der Waals surface area (Å²) in [7, 11) is 0. The number of halogens is 4. The molecular formula is C42H48F4N8O3. The number of alkyl halides is 3. The smallest absolute Gasteiger partial charge is 0.422 e. The highest BCUT2D eigenvalue weighted by molar-refractivity contribution is 6.06. The number of likely N-dealkylation sites (tertiary alicyclic amines) is 2. The molecule has 1 saturated carbocycles. The third-order valence-electron chi connectivity index (χ3n) is 13.6. The number of aromatic nitrogens is 4. The monoisotopic (exact) mass is 788 g/mol. The van der Waals surface area contributed by atoms with E-state index in [4.69, 9.17) is 19.4 Å². The lowest BCUT2D eigenvalue weighted by atomic mass is 9.72. The largest absolute Gasteiger partial charge is 0.481 e. The molecule has 0 atom stereocenters. The zero-order valence-electron chi connectivity index (χ0n) is 32.3. The van der Waals surface area contributed by atoms with Crippen molar-refractivity contribution in [3.63, 3.8) is 0 Å². The summed E-state index contributed by atoms with van der Waals surface area (Å²) in [5.41, 5.74) is 4.47. The molecule has 2 aromatic carbocycles. The number of benzene rings is 2. The molecule has 1 aliphatic carbocycles. The average molecular weight is 789 g/mol. The summed E-state index contributed by atoms with van der Waals surface area (Å²) in [6.45, 7) is 12.3. The summed E-state index contributed by atoms with van der Waals surface area (Å²) in [6, 6.07) is 6.02. The third-order valence-corrected chi connectivity index (χ3v) is 13.6. The van der Waals surface area contributed by atoms with Crippen LogP contribution in [0.5, 0.6) is 5.75 Å². The topological polar surface area (TPSA) is 103 Å². The van der Waals surface area contributed by atoms with Crippen LogP contribution in [0.3, 0.4) is 0 Å². The molecule has 1 amide bonds. The van der Waals surface area contributed by atoms with Crippen molar-refractivity contribution < 1.29 is 31.8 Å². The average Bonchev–Trinajstić information content (AvgIpc) is 3.88. The van der Waals surface area contributed by atoms with Crippen molar-refractivity contribution in [3.8, 4) is 16.9 Å². The molecule has 10 rings (SSSR count). The number of rotatable bonds is 9. The maximum Gasteiger partial charge on any atom is 0.422 e. The van der Waals surface area contributed by atoms with Crippen molar-refractivity contribution in [2.24, 2.45) is 16.7 Å². The van der Waals surface area contributed by atoms with E-state index in [0.717, 1.165) is 112 Å². The number of H-pyrrole nitrogens is 1. The van der Waals surface area contributed by atoms with Gasteiger partial charge in [0.2, 0.25) is 5.95 Å². The highest BCUT2D eigenvalue weighted by atomic mass is 19.4. The van der Waals surface area contributed by atoms with Crippen molar-refractivity contribution >= 4 is 39.5 Å². The van der Waals surface area contributed by atoms with Crippen LogP contribution in [0.1, 0.15) is 55.6 Å². The quantitative estimate of drug-likeness (QED) is 0.146. The number of carbonyl (C=O) groups is 1. The van der Waals surface area contributed by atoms with Gasteiger partial charge in [0.05, 0.1) is 24.9 Å². The molecular weight excluding hydrogens is 741 g/mol. The van der Waals surface area contributed by atoms with Gasteiger partial charge in [-0.1, -0.05) is 12.6 Å². The number of ether oxygens (including phenoxy) is 2. The minimum Gasteiger partial charge on any atom is -0.481 e. The van der Waals surface area contributed by atoms with E-state index in [1.54, 1.807) is 6.20 Å². The number of aromatic amines is 1. The first-order valence-corrected chi connectivity index (χ1v) is 20.3. The molecule has 11 nitrogen and oxygen atoms in total. The SMILES string of the molecule is C=C(F)C(=O)N1CC2(CCN(c3nc(N4CC5(CCN(CC6COC6)CC5)C4)nc4c(OCC(F)(F)F)c(-c5c(C)ccc6[nH]ncc56)c(C5CC5)cc34)CC2)C1. The number of aryl methyl sites for hydroxylation is 1. The third kappa shape index (κ3) is 6.67. The zero-order chi connectivity index (χ0) is 39.3. The summed E-state index contributed by atoms with van der Waals surface area (Å²) in [4.78, 5) is 31.2. The van der Waals surface area contributed by atoms with Gasteiger partial charge in [-0.25, -0.2) is 9.37 Å². The van der Waals surface area contributed by atoms with E-state index in [2.05, 4.69) is 37.5 Å². The molecule has 2 spiro atoms. The minimum atomic E-state index is -4.58. The summed E-state index contributed by atoms with van der Waals surface area (Å²) in [5.74, 6) is 0.490. The van der Waals surface area contributed by atoms with E-state index in [1.807, 2.05) is 19.1 Å². The Bertz CT molecular complexity index is 2240. The van der Waals surface area contributed by atoms with Crippen LogP contribution in [0, 0.1) is 23.7 Å². The Hall–Kier alpha value is -4.50. The van der Waals surface area contributed by atoms with E-state index >= 15 is 0 Å². The van der Waals surface area contributed by atoms with Gasteiger partial charge in [-0.3, -0.25) is 9.89 Å². The molecule has 1 N–H and O–H groups in total. The Labute approximate surface area is 328 Å². The number of fused-ring (bicyclic) bond motifs is 2. The number of hydrogen-bond acceptors (Lipinski definition) is 9. The molecule has 6 fully saturated rings. The first-order valence-electron chi connectivity index (χ1n) is 20.3. The molecule has 4 aromatic rings. The van der Waals surface area contributed by atoms with Crippen LogP contribution in [0.25, 0.3) is 32.9 Å². The summed E-state index contributed by atoms with van der Waals surface area (Å²) in [6.07, 6.45) is 2.66. The fourth-order valence-corrected chi connectivity index (χ4v) is 10.1. The molecule has 7 heterocycles. The van der Waals surface area contributed by atoms with Crippen molar-refractivity contribution in [2.45, 2.75) is 57.5 Å². The van der Waals surface area contributed by atoms with Crippen molar-refractivity contribution in [2.75, 3.05) is 88.5 Å². The standard InChI is InChI=1S/C42H48F4N8O3/c1-25-3-6-32-31(16-47-50-32)33(25)34-29(28-4-5-28)15-30-35(36(34)57-24-42(44,45)46)48-39(54-22-40(23-54)7-11-51(12-8-40)17-27-18-56-19-27)49-37(30)52-13-9-41(10-14-52)20-53(21-41)38(55)26(2)43/h3,6,15-16,27-28H,2,4-5,7-14,17-24H2,1H3,(H,47,50). The Morgan fingerprint density at radius 2 is 1.67 bits per heavy atom. The Morgan fingerprint density at radius 1 is 0.965 bits per heavy atom. The molecule has 2 aromatic heterocycles. The summed E-state index contributed by atoms with van der Waals surface area (Å²) in [5, 5.41) is 8.83. The van der Waals surface area contributed by atoms with E-state index in [-0.39, 0.29) is 22.5 Å². The van der Waals surface area contributed by atoms with Gasteiger partial charge in [0.15, 0.2) is 18.2 Å². The number of anilines is 2. The maximum atomic E-state index is 14.2. The van der Waals surface area contributed by atoms with E-state index in [9.17, 15) is 22.4 Å². The van der Waals surface area contributed by atoms with Crippen molar-refractivity contribution in [3.05, 3.63) is 47.9 Å². The van der Waals surface area contributed by atoms with Crippen LogP contribution in [-0.2, 0) is 9.53 Å². The maximum absolute atomic E-state index is 14.2. The lowest BCUT2D eigenvalue weighted by molar-refractivity contribution is -0.153. The Kier molecular flexibility index (Phi) is 8.74. The molecule has 15 heteroatoms. The van der Waals surface area contributed by atoms with E-state index < -0.39 is 24.5 Å². The fourth-order valence-electron chi connectivity index (χ4n) is 10.1. The van der Waals surface area contributed by atoms with Crippen molar-refractivity contribution in [1.82, 2.24) is 30.0 Å². The summed E-state index contributed by atoms with van der Waals surface area (Å²) >= 11 is 0. The van der Waals surface area contributed by atoms with Gasteiger partial charge in [-0.15, -0.1) is 0 Å². The van der Waals surface area contributed by atoms with Crippen LogP contribution in [-0.4, -0.2) is 121 Å². The predicted octanol–water partition coefficient (Wildman–Crippen LogP) is 6.76. The number of nitrogens with zero attached hydrogens (tertiary/aromatic N) is 7. The first-order chi connectivity index (χ1) is 27.4. The fraction of sp³-hybridized carbons (Fsp3) is 0.571. The van der Waals surface area contributed by atoms with E-state index in [1.165, 1.54) is 4.90 Å². The Balaban J connectivity index is 1.06. The number of nitrogens with one attached hydrogen (secondary N) is 1. The first kappa shape index (κ1) is 36.8. The predicted molar refractivity (Wildman–Crippen MR) is 208 cm³/mol. The van der Waals surface area contributed by atoms with Crippen LogP contribution in [0.15, 0.2) is 36.8 Å². The lowest BCUT2D eigenvalue weighted by Crippen LogP contribution is -2.62. The number of piperidine rings is 2. The van der Waals surface area contributed by atoms with Crippen LogP contribution >= 0.6 is 0 Å². The normalized spacial score (nSPS) is 22.2. The van der Waals surface area contributed by atoms with Crippen LogP contribution < -0.4 is 14.5 Å². The van der Waals surface area contributed by atoms with Gasteiger partial charge >= 0.3 is 6.18 Å². The van der Waals surface area contributed by atoms with Crippen LogP contribution in [0.2, 0.25) is 0 Å². The van der Waals surface area contributed by atoms with E-state index in [0.29, 0.717) is 60.3 Å². The number of carbonyl (C=O) groups excluding carboxylic acids is 1. The highest BCUT2D eigenvalue weighted by Gasteiger charge is 2.49. The second-order valence-corrected chi connectivity index (χ2v) is 17.8. The van der Waals surface area contributed by atoms with Crippen LogP contribution in [0.4, 0.5) is 29.3 Å². The van der Waals surface area contributed by atoms with Gasteiger partial charge in [-0.05, 0) is 93.3 Å². The van der Waals surface area contributed by atoms with Gasteiger partial charge in [0, 0.05) is 78.9 Å². The second kappa shape index (κ2) is 13.5. The van der Waals surface area contributed by atoms with Gasteiger partial charge in [0.1, 0.15) is 11.3 Å². The second-order valence-electron chi connectivity index (χ2n) is 17.8. The summed E-state index contributed by atoms with van der Waals surface area (Å²) < 4.78 is 67.6. The van der Waals surface area contributed by atoms with Gasteiger partial charge < -0.3 is 29.1 Å². The molecule has 0 bridgehead atoms. The lowest BCUT2D eigenvalue weighted by Gasteiger charge is -2.55. The number of hydrogen-bond donors (Lipinski definition) is 1. The van der Waals surface area contributed by atoms with Gasteiger partial charge in [0.25, 0.3) is 5.91 Å². The zero-order valence-corrected chi connectivity index (χ0v) is 32.3. The molecule has 0 unspecified atom stereocenters. The van der Waals surface area contributed by atoms with Gasteiger partial charge in [-0.2, -0.15) is 23.3 Å². The highest BCUT2D eigenvalue weighted by Crippen LogP contribution is 2.54. The molecule has 0 radical (unpaired) electrons. The molecule has 5 saturated heterocycles. The minimum absolute atomic E-state index is 0.119. The molecule has 302 valence electrons. The molecule has 6 aliphatic rings. The molecule has 5 aliphatic heterocycles. The Morgan fingerprint density at radius 3 is 2.32 bits per heavy atom.